The first-order valence-corrected chi connectivity index (χ1v) is 8.13. The summed E-state index contributed by atoms with van der Waals surface area (Å²) in [5.41, 5.74) is 1.04. The van der Waals surface area contributed by atoms with Crippen LogP contribution < -0.4 is 0 Å². The Labute approximate surface area is 128 Å². The molecular weight excluding hydrogens is 315 g/mol. The van der Waals surface area contributed by atoms with Crippen molar-refractivity contribution >= 4 is 21.6 Å². The Hall–Kier alpha value is -1.50. The predicted molar refractivity (Wildman–Crippen MR) is 78.8 cm³/mol. The Bertz CT molecular complexity index is 720. The molecule has 0 aliphatic rings. The maximum Gasteiger partial charge on any atom is 0.260 e. The Kier molecular flexibility index (Phi) is 4.92. The van der Waals surface area contributed by atoms with Crippen LogP contribution in [0.3, 0.4) is 0 Å². The molecule has 2 aromatic rings. The van der Waals surface area contributed by atoms with Gasteiger partial charge in [-0.2, -0.15) is 4.31 Å². The lowest BCUT2D eigenvalue weighted by Gasteiger charge is -2.17. The van der Waals surface area contributed by atoms with E-state index >= 15 is 0 Å². The Morgan fingerprint density at radius 3 is 2.52 bits per heavy atom. The van der Waals surface area contributed by atoms with Gasteiger partial charge in [-0.25, -0.2) is 17.8 Å². The molecule has 7 heteroatoms. The molecule has 112 valence electrons. The Morgan fingerprint density at radius 2 is 1.95 bits per heavy atom. The number of benzene rings is 1. The highest BCUT2D eigenvalue weighted by Gasteiger charge is 2.23. The van der Waals surface area contributed by atoms with E-state index in [-0.39, 0.29) is 17.5 Å². The van der Waals surface area contributed by atoms with Crippen LogP contribution in [0.4, 0.5) is 4.39 Å². The average molecular weight is 329 g/mol. The van der Waals surface area contributed by atoms with Crippen molar-refractivity contribution in [2.24, 2.45) is 0 Å². The van der Waals surface area contributed by atoms with E-state index in [1.54, 1.807) is 24.3 Å². The van der Waals surface area contributed by atoms with E-state index < -0.39 is 15.8 Å². The topological polar surface area (TPSA) is 50.3 Å². The standard InChI is InChI=1S/C14H14ClFN2O2S/c1-18(10-12-4-2-3-5-13(12)16)21(19,20)14-7-6-11(8-15)9-17-14/h2-7,9H,8,10H2,1H3. The summed E-state index contributed by atoms with van der Waals surface area (Å²) in [6, 6.07) is 9.05. The zero-order valence-electron chi connectivity index (χ0n) is 11.3. The number of hydrogen-bond donors (Lipinski definition) is 0. The molecule has 0 aliphatic heterocycles. The van der Waals surface area contributed by atoms with E-state index in [0.29, 0.717) is 5.56 Å². The molecule has 1 aromatic carbocycles. The van der Waals surface area contributed by atoms with E-state index in [1.807, 2.05) is 0 Å². The molecule has 0 N–H and O–H groups in total. The Balaban J connectivity index is 2.24. The predicted octanol–water partition coefficient (Wildman–Crippen LogP) is 2.78. The van der Waals surface area contributed by atoms with Crippen molar-refractivity contribution in [1.82, 2.24) is 9.29 Å². The fraction of sp³-hybridized carbons (Fsp3) is 0.214. The van der Waals surface area contributed by atoms with Crippen molar-refractivity contribution in [1.29, 1.82) is 0 Å². The summed E-state index contributed by atoms with van der Waals surface area (Å²) in [5, 5.41) is -0.0878. The normalized spacial score (nSPS) is 11.8. The largest absolute Gasteiger partial charge is 0.260 e. The van der Waals surface area contributed by atoms with Gasteiger partial charge in [0.2, 0.25) is 0 Å². The maximum absolute atomic E-state index is 13.6. The SMILES string of the molecule is CN(Cc1ccccc1F)S(=O)(=O)c1ccc(CCl)cn1. The molecule has 0 amide bonds. The van der Waals surface area contributed by atoms with Gasteiger partial charge >= 0.3 is 0 Å². The third-order valence-electron chi connectivity index (χ3n) is 2.98. The number of alkyl halides is 1. The van der Waals surface area contributed by atoms with Crippen molar-refractivity contribution in [2.45, 2.75) is 17.5 Å². The number of hydrogen-bond acceptors (Lipinski definition) is 3. The van der Waals surface area contributed by atoms with Gasteiger partial charge in [-0.3, -0.25) is 0 Å². The molecule has 0 atom stereocenters. The highest BCUT2D eigenvalue weighted by Crippen LogP contribution is 2.17. The van der Waals surface area contributed by atoms with Crippen LogP contribution >= 0.6 is 11.6 Å². The summed E-state index contributed by atoms with van der Waals surface area (Å²) >= 11 is 5.64. The average Bonchev–Trinajstić information content (AvgIpc) is 2.49. The molecule has 0 fully saturated rings. The number of rotatable bonds is 5. The van der Waals surface area contributed by atoms with Crippen LogP contribution in [0.1, 0.15) is 11.1 Å². The van der Waals surface area contributed by atoms with Crippen LogP contribution in [0.2, 0.25) is 0 Å². The summed E-state index contributed by atoms with van der Waals surface area (Å²) in [7, 11) is -2.38. The minimum Gasteiger partial charge on any atom is -0.243 e. The van der Waals surface area contributed by atoms with Crippen LogP contribution in [0.25, 0.3) is 0 Å². The maximum atomic E-state index is 13.6. The van der Waals surface area contributed by atoms with Crippen LogP contribution in [0.5, 0.6) is 0 Å². The summed E-state index contributed by atoms with van der Waals surface area (Å²) in [5.74, 6) is -0.178. The molecule has 1 aromatic heterocycles. The summed E-state index contributed by atoms with van der Waals surface area (Å²) in [6.45, 7) is -0.0616. The lowest BCUT2D eigenvalue weighted by molar-refractivity contribution is 0.454. The molecule has 2 rings (SSSR count). The van der Waals surface area contributed by atoms with Gasteiger partial charge in [0.05, 0.1) is 0 Å². The van der Waals surface area contributed by atoms with Gasteiger partial charge in [0, 0.05) is 31.2 Å². The fourth-order valence-corrected chi connectivity index (χ4v) is 2.97. The van der Waals surface area contributed by atoms with Gasteiger partial charge in [0.15, 0.2) is 5.03 Å². The van der Waals surface area contributed by atoms with Crippen molar-refractivity contribution in [3.8, 4) is 0 Å². The first kappa shape index (κ1) is 15.9. The van der Waals surface area contributed by atoms with Crippen LogP contribution in [-0.4, -0.2) is 24.8 Å². The van der Waals surface area contributed by atoms with E-state index in [1.165, 1.54) is 25.4 Å². The minimum atomic E-state index is -3.77. The third-order valence-corrected chi connectivity index (χ3v) is 5.01. The molecule has 0 unspecified atom stereocenters. The molecule has 0 aliphatic carbocycles. The smallest absolute Gasteiger partial charge is 0.243 e. The van der Waals surface area contributed by atoms with Crippen LogP contribution in [-0.2, 0) is 22.4 Å². The second kappa shape index (κ2) is 6.51. The van der Waals surface area contributed by atoms with Gasteiger partial charge in [-0.15, -0.1) is 11.6 Å². The van der Waals surface area contributed by atoms with Crippen LogP contribution in [0.15, 0.2) is 47.6 Å². The Morgan fingerprint density at radius 1 is 1.24 bits per heavy atom. The van der Waals surface area contributed by atoms with Crippen molar-refractivity contribution in [3.63, 3.8) is 0 Å². The van der Waals surface area contributed by atoms with Gasteiger partial charge in [-0.05, 0) is 17.7 Å². The van der Waals surface area contributed by atoms with E-state index in [0.717, 1.165) is 9.87 Å². The molecule has 0 saturated carbocycles. The summed E-state index contributed by atoms with van der Waals surface area (Å²) in [6.07, 6.45) is 1.41. The lowest BCUT2D eigenvalue weighted by Crippen LogP contribution is -2.27. The van der Waals surface area contributed by atoms with Gasteiger partial charge in [0.1, 0.15) is 5.82 Å². The first-order chi connectivity index (χ1) is 9.95. The monoisotopic (exact) mass is 328 g/mol. The second-order valence-corrected chi connectivity index (χ2v) is 6.75. The first-order valence-electron chi connectivity index (χ1n) is 6.16. The van der Waals surface area contributed by atoms with E-state index in [2.05, 4.69) is 4.98 Å². The number of pyridine rings is 1. The third kappa shape index (κ3) is 3.58. The zero-order valence-corrected chi connectivity index (χ0v) is 12.9. The number of halogens is 2. The van der Waals surface area contributed by atoms with Crippen LogP contribution in [0, 0.1) is 5.82 Å². The van der Waals surface area contributed by atoms with Crippen molar-refractivity contribution < 1.29 is 12.8 Å². The molecule has 0 radical (unpaired) electrons. The molecule has 21 heavy (non-hydrogen) atoms. The molecule has 0 bridgehead atoms. The summed E-state index contributed by atoms with van der Waals surface area (Å²) < 4.78 is 39.4. The van der Waals surface area contributed by atoms with Crippen molar-refractivity contribution in [2.75, 3.05) is 7.05 Å². The van der Waals surface area contributed by atoms with E-state index in [9.17, 15) is 12.8 Å². The highest BCUT2D eigenvalue weighted by molar-refractivity contribution is 7.89. The fourth-order valence-electron chi connectivity index (χ4n) is 1.75. The summed E-state index contributed by atoms with van der Waals surface area (Å²) in [4.78, 5) is 3.90. The van der Waals surface area contributed by atoms with Gasteiger partial charge in [-0.1, -0.05) is 24.3 Å². The van der Waals surface area contributed by atoms with Crippen molar-refractivity contribution in [3.05, 3.63) is 59.5 Å². The molecule has 0 spiro atoms. The molecule has 1 heterocycles. The number of nitrogens with zero attached hydrogens (tertiary/aromatic N) is 2. The quantitative estimate of drug-likeness (QED) is 0.793. The molecular formula is C14H14ClFN2O2S. The van der Waals surface area contributed by atoms with Gasteiger partial charge in [0.25, 0.3) is 10.0 Å². The molecule has 0 saturated heterocycles. The number of sulfonamides is 1. The number of aromatic nitrogens is 1. The van der Waals surface area contributed by atoms with Gasteiger partial charge < -0.3 is 0 Å². The molecule has 4 nitrogen and oxygen atoms in total. The zero-order chi connectivity index (χ0) is 15.5. The van der Waals surface area contributed by atoms with E-state index in [4.69, 9.17) is 11.6 Å². The second-order valence-electron chi connectivity index (χ2n) is 4.49. The minimum absolute atomic E-state index is 0.0616. The lowest BCUT2D eigenvalue weighted by atomic mass is 10.2. The highest BCUT2D eigenvalue weighted by atomic mass is 35.5.